The lowest BCUT2D eigenvalue weighted by Gasteiger charge is -2.28. The van der Waals surface area contributed by atoms with Crippen molar-refractivity contribution in [2.24, 2.45) is 0 Å². The van der Waals surface area contributed by atoms with Crippen molar-refractivity contribution in [1.29, 1.82) is 0 Å². The monoisotopic (exact) mass is 495 g/mol. The predicted molar refractivity (Wildman–Crippen MR) is 106 cm³/mol. The number of benzene rings is 1. The number of sulfone groups is 1. The highest BCUT2D eigenvalue weighted by Crippen LogP contribution is 2.35. The van der Waals surface area contributed by atoms with Crippen LogP contribution in [0.15, 0.2) is 33.4 Å². The van der Waals surface area contributed by atoms with Gasteiger partial charge in [-0.3, -0.25) is 4.79 Å². The Morgan fingerprint density at radius 2 is 2.00 bits per heavy atom. The minimum absolute atomic E-state index is 0.0490. The Bertz CT molecular complexity index is 952. The number of halogens is 3. The SMILES string of the molecule is COc1c(Cl)cc(C(=O)N(Cc2ccc(Br)o2)[C@@H]2CCS(=O)(=O)C2)cc1Cl. The van der Waals surface area contributed by atoms with Crippen LogP contribution in [0.4, 0.5) is 0 Å². The normalized spacial score (nSPS) is 18.4. The van der Waals surface area contributed by atoms with Gasteiger partial charge in [-0.15, -0.1) is 0 Å². The maximum Gasteiger partial charge on any atom is 0.254 e. The van der Waals surface area contributed by atoms with Crippen molar-refractivity contribution < 1.29 is 22.4 Å². The first-order valence-electron chi connectivity index (χ1n) is 7.99. The molecule has 3 rings (SSSR count). The molecule has 1 aliphatic rings. The summed E-state index contributed by atoms with van der Waals surface area (Å²) in [4.78, 5) is 14.7. The summed E-state index contributed by atoms with van der Waals surface area (Å²) in [5, 5.41) is 0.404. The van der Waals surface area contributed by atoms with Crippen molar-refractivity contribution in [3.8, 4) is 5.75 Å². The zero-order valence-electron chi connectivity index (χ0n) is 14.2. The lowest BCUT2D eigenvalue weighted by molar-refractivity contribution is 0.0665. The molecule has 0 saturated carbocycles. The molecule has 0 radical (unpaired) electrons. The van der Waals surface area contributed by atoms with Gasteiger partial charge in [-0.2, -0.15) is 0 Å². The molecule has 146 valence electrons. The summed E-state index contributed by atoms with van der Waals surface area (Å²) in [6, 6.07) is 5.91. The molecule has 1 saturated heterocycles. The lowest BCUT2D eigenvalue weighted by atomic mass is 10.1. The number of hydrogen-bond acceptors (Lipinski definition) is 5. The van der Waals surface area contributed by atoms with Gasteiger partial charge in [0.2, 0.25) is 0 Å². The second-order valence-electron chi connectivity index (χ2n) is 6.17. The van der Waals surface area contributed by atoms with Gasteiger partial charge < -0.3 is 14.1 Å². The van der Waals surface area contributed by atoms with Crippen molar-refractivity contribution in [3.05, 3.63) is 50.3 Å². The highest BCUT2D eigenvalue weighted by atomic mass is 79.9. The molecule has 6 nitrogen and oxygen atoms in total. The van der Waals surface area contributed by atoms with Crippen LogP contribution in [-0.2, 0) is 16.4 Å². The molecule has 0 aliphatic carbocycles. The fraction of sp³-hybridized carbons (Fsp3) is 0.353. The standard InChI is InChI=1S/C17H16BrCl2NO5S/c1-25-16-13(19)6-10(7-14(16)20)17(22)21(8-12-2-3-15(18)26-12)11-4-5-27(23,24)9-11/h2-3,6-7,11H,4-5,8-9H2,1H3/t11-/m1/s1. The molecule has 0 N–H and O–H groups in total. The first-order chi connectivity index (χ1) is 12.7. The number of nitrogens with zero attached hydrogens (tertiary/aromatic N) is 1. The highest BCUT2D eigenvalue weighted by Gasteiger charge is 2.36. The maximum absolute atomic E-state index is 13.2. The van der Waals surface area contributed by atoms with Gasteiger partial charge in [-0.1, -0.05) is 23.2 Å². The zero-order valence-corrected chi connectivity index (χ0v) is 18.2. The van der Waals surface area contributed by atoms with Crippen LogP contribution in [0.1, 0.15) is 22.5 Å². The first-order valence-corrected chi connectivity index (χ1v) is 11.4. The van der Waals surface area contributed by atoms with E-state index >= 15 is 0 Å². The highest BCUT2D eigenvalue weighted by molar-refractivity contribution is 9.10. The minimum Gasteiger partial charge on any atom is -0.494 e. The van der Waals surface area contributed by atoms with E-state index in [4.69, 9.17) is 32.4 Å². The number of ether oxygens (including phenoxy) is 1. The van der Waals surface area contributed by atoms with E-state index < -0.39 is 15.9 Å². The van der Waals surface area contributed by atoms with Crippen LogP contribution in [0.3, 0.4) is 0 Å². The Hall–Kier alpha value is -1.22. The lowest BCUT2D eigenvalue weighted by Crippen LogP contribution is -2.40. The molecule has 1 aromatic heterocycles. The number of carbonyl (C=O) groups is 1. The third-order valence-electron chi connectivity index (χ3n) is 4.31. The van der Waals surface area contributed by atoms with Gasteiger partial charge in [0.05, 0.1) is 35.2 Å². The average Bonchev–Trinajstić information content (AvgIpc) is 3.16. The van der Waals surface area contributed by atoms with E-state index in [1.54, 1.807) is 12.1 Å². The molecule has 2 heterocycles. The molecular weight excluding hydrogens is 481 g/mol. The van der Waals surface area contributed by atoms with Crippen LogP contribution in [0.5, 0.6) is 5.75 Å². The maximum atomic E-state index is 13.2. The minimum atomic E-state index is -3.18. The largest absolute Gasteiger partial charge is 0.494 e. The summed E-state index contributed by atoms with van der Waals surface area (Å²) in [7, 11) is -1.75. The number of furan rings is 1. The van der Waals surface area contributed by atoms with Crippen LogP contribution in [0.25, 0.3) is 0 Å². The molecule has 2 aromatic rings. The van der Waals surface area contributed by atoms with Gasteiger partial charge >= 0.3 is 0 Å². The van der Waals surface area contributed by atoms with Gasteiger partial charge in [0.25, 0.3) is 5.91 Å². The Balaban J connectivity index is 1.95. The van der Waals surface area contributed by atoms with E-state index in [1.165, 1.54) is 24.1 Å². The number of methoxy groups -OCH3 is 1. The number of carbonyl (C=O) groups excluding carboxylic acids is 1. The second kappa shape index (κ2) is 8.03. The van der Waals surface area contributed by atoms with Gasteiger partial charge in [0, 0.05) is 11.6 Å². The summed E-state index contributed by atoms with van der Waals surface area (Å²) in [6.07, 6.45) is 0.369. The molecule has 10 heteroatoms. The van der Waals surface area contributed by atoms with Gasteiger partial charge in [0.15, 0.2) is 20.3 Å². The molecule has 27 heavy (non-hydrogen) atoms. The van der Waals surface area contributed by atoms with Gasteiger partial charge in [-0.25, -0.2) is 8.42 Å². The van der Waals surface area contributed by atoms with Crippen molar-refractivity contribution in [2.75, 3.05) is 18.6 Å². The number of rotatable bonds is 5. The Kier molecular flexibility index (Phi) is 6.10. The summed E-state index contributed by atoms with van der Waals surface area (Å²) in [5.41, 5.74) is 0.251. The molecule has 1 aromatic carbocycles. The van der Waals surface area contributed by atoms with Crippen molar-refractivity contribution >= 4 is 54.9 Å². The summed E-state index contributed by atoms with van der Waals surface area (Å²) in [5.74, 6) is 0.396. The number of amides is 1. The van der Waals surface area contributed by atoms with Crippen LogP contribution in [-0.4, -0.2) is 43.9 Å². The molecule has 0 bridgehead atoms. The van der Waals surface area contributed by atoms with Crippen molar-refractivity contribution in [1.82, 2.24) is 4.90 Å². The smallest absolute Gasteiger partial charge is 0.254 e. The van der Waals surface area contributed by atoms with Gasteiger partial charge in [0.1, 0.15) is 5.76 Å². The zero-order chi connectivity index (χ0) is 19.8. The molecule has 1 amide bonds. The molecule has 0 spiro atoms. The third kappa shape index (κ3) is 4.62. The second-order valence-corrected chi connectivity index (χ2v) is 9.99. The van der Waals surface area contributed by atoms with Crippen LogP contribution in [0.2, 0.25) is 10.0 Å². The summed E-state index contributed by atoms with van der Waals surface area (Å²) in [6.45, 7) is 0.131. The quantitative estimate of drug-likeness (QED) is 0.620. The average molecular weight is 497 g/mol. The van der Waals surface area contributed by atoms with E-state index in [1.807, 2.05) is 0 Å². The Morgan fingerprint density at radius 3 is 2.48 bits per heavy atom. The first kappa shape index (κ1) is 20.5. The van der Waals surface area contributed by atoms with Crippen LogP contribution in [0, 0.1) is 0 Å². The van der Waals surface area contributed by atoms with Crippen LogP contribution < -0.4 is 4.74 Å². The van der Waals surface area contributed by atoms with Gasteiger partial charge in [-0.05, 0) is 46.6 Å². The number of hydrogen-bond donors (Lipinski definition) is 0. The Morgan fingerprint density at radius 1 is 1.33 bits per heavy atom. The molecule has 1 fully saturated rings. The fourth-order valence-corrected chi connectivity index (χ4v) is 5.75. The summed E-state index contributed by atoms with van der Waals surface area (Å²) < 4.78 is 35.0. The van der Waals surface area contributed by atoms with E-state index in [0.29, 0.717) is 16.9 Å². The molecular formula is C17H16BrCl2NO5S. The van der Waals surface area contributed by atoms with Crippen molar-refractivity contribution in [2.45, 2.75) is 19.0 Å². The topological polar surface area (TPSA) is 76.8 Å². The molecule has 1 aliphatic heterocycles. The van der Waals surface area contributed by atoms with E-state index in [0.717, 1.165) is 0 Å². The van der Waals surface area contributed by atoms with E-state index in [9.17, 15) is 13.2 Å². The molecule has 1 atom stereocenters. The Labute approximate surface area is 175 Å². The van der Waals surface area contributed by atoms with Crippen LogP contribution >= 0.6 is 39.1 Å². The van der Waals surface area contributed by atoms with Crippen molar-refractivity contribution in [3.63, 3.8) is 0 Å². The van der Waals surface area contributed by atoms with E-state index in [-0.39, 0.29) is 45.3 Å². The molecule has 0 unspecified atom stereocenters. The fourth-order valence-electron chi connectivity index (χ4n) is 3.04. The third-order valence-corrected chi connectivity index (χ3v) is 7.05. The summed E-state index contributed by atoms with van der Waals surface area (Å²) >= 11 is 15.5. The van der Waals surface area contributed by atoms with E-state index in [2.05, 4.69) is 15.9 Å². The predicted octanol–water partition coefficient (Wildman–Crippen LogP) is 4.19.